The van der Waals surface area contributed by atoms with Crippen molar-refractivity contribution in [2.75, 3.05) is 23.8 Å². The number of hydrogen-bond donors (Lipinski definition) is 3. The second-order valence-electron chi connectivity index (χ2n) is 4.70. The molecule has 0 amide bonds. The standard InChI is InChI=1S/C16H15BrN4O.ClH/c17-11-5-7-12(8-6-11)19-16-20-14-4-2-1-3-13(14)15(21-16)18-9-10-22;/h1-8,22H,9-10H2,(H2,18,19,20,21);1H/p-1. The molecule has 0 aliphatic rings. The van der Waals surface area contributed by atoms with Crippen molar-refractivity contribution in [3.8, 4) is 0 Å². The van der Waals surface area contributed by atoms with Crippen LogP contribution in [-0.2, 0) is 0 Å². The molecule has 0 saturated carbocycles. The Morgan fingerprint density at radius 3 is 2.48 bits per heavy atom. The van der Waals surface area contributed by atoms with Crippen LogP contribution in [0.4, 0.5) is 17.5 Å². The van der Waals surface area contributed by atoms with Crippen LogP contribution in [0.3, 0.4) is 0 Å². The number of nitrogens with one attached hydrogen (secondary N) is 2. The normalized spacial score (nSPS) is 10.2. The Hall–Kier alpha value is -1.89. The zero-order valence-electron chi connectivity index (χ0n) is 12.1. The summed E-state index contributed by atoms with van der Waals surface area (Å²) < 4.78 is 1.02. The number of benzene rings is 2. The van der Waals surface area contributed by atoms with Gasteiger partial charge in [-0.05, 0) is 36.4 Å². The number of aromatic nitrogens is 2. The fourth-order valence-corrected chi connectivity index (χ4v) is 2.37. The molecule has 0 aliphatic heterocycles. The third-order valence-corrected chi connectivity index (χ3v) is 3.64. The molecular formula is C16H15BrClN4O-. The van der Waals surface area contributed by atoms with Crippen molar-refractivity contribution >= 4 is 44.3 Å². The quantitative estimate of drug-likeness (QED) is 0.589. The van der Waals surface area contributed by atoms with Crippen molar-refractivity contribution in [3.63, 3.8) is 0 Å². The van der Waals surface area contributed by atoms with Gasteiger partial charge in [0.15, 0.2) is 0 Å². The molecule has 3 aromatic rings. The maximum Gasteiger partial charge on any atom is 0.229 e. The van der Waals surface area contributed by atoms with Crippen molar-refractivity contribution in [2.24, 2.45) is 0 Å². The van der Waals surface area contributed by atoms with E-state index in [0.717, 1.165) is 21.1 Å². The van der Waals surface area contributed by atoms with E-state index in [2.05, 4.69) is 36.5 Å². The summed E-state index contributed by atoms with van der Waals surface area (Å²) in [5.41, 5.74) is 1.75. The minimum atomic E-state index is 0. The van der Waals surface area contributed by atoms with Gasteiger partial charge in [0.25, 0.3) is 0 Å². The molecule has 0 saturated heterocycles. The average molecular weight is 395 g/mol. The van der Waals surface area contributed by atoms with E-state index < -0.39 is 0 Å². The van der Waals surface area contributed by atoms with Crippen LogP contribution >= 0.6 is 15.9 Å². The SMILES string of the molecule is OCCNc1nc(Nc2ccc(Br)cc2)nc2ccccc12.[Cl-]. The Bertz CT molecular complexity index is 783. The lowest BCUT2D eigenvalue weighted by Crippen LogP contribution is -3.00. The van der Waals surface area contributed by atoms with Gasteiger partial charge in [0.05, 0.1) is 12.1 Å². The number of aliphatic hydroxyl groups is 1. The first-order valence-electron chi connectivity index (χ1n) is 6.90. The Morgan fingerprint density at radius 2 is 1.74 bits per heavy atom. The molecule has 0 spiro atoms. The number of rotatable bonds is 5. The van der Waals surface area contributed by atoms with E-state index in [1.54, 1.807) is 0 Å². The molecule has 3 N–H and O–H groups in total. The first-order valence-corrected chi connectivity index (χ1v) is 7.69. The highest BCUT2D eigenvalue weighted by molar-refractivity contribution is 9.10. The largest absolute Gasteiger partial charge is 1.00 e. The van der Waals surface area contributed by atoms with Gasteiger partial charge in [-0.2, -0.15) is 4.98 Å². The number of nitrogens with zero attached hydrogens (tertiary/aromatic N) is 2. The van der Waals surface area contributed by atoms with E-state index in [1.165, 1.54) is 0 Å². The Balaban J connectivity index is 0.00000192. The fraction of sp³-hybridized carbons (Fsp3) is 0.125. The van der Waals surface area contributed by atoms with Crippen molar-refractivity contribution in [3.05, 3.63) is 53.0 Å². The van der Waals surface area contributed by atoms with Gasteiger partial charge in [-0.15, -0.1) is 0 Å². The summed E-state index contributed by atoms with van der Waals surface area (Å²) in [5, 5.41) is 16.3. The lowest BCUT2D eigenvalue weighted by atomic mass is 10.2. The van der Waals surface area contributed by atoms with Gasteiger partial charge in [-0.25, -0.2) is 4.98 Å². The summed E-state index contributed by atoms with van der Waals surface area (Å²) in [6.07, 6.45) is 0. The summed E-state index contributed by atoms with van der Waals surface area (Å²) in [6.45, 7) is 0.493. The Morgan fingerprint density at radius 1 is 1.00 bits per heavy atom. The zero-order valence-corrected chi connectivity index (χ0v) is 14.5. The highest BCUT2D eigenvalue weighted by atomic mass is 79.9. The molecule has 23 heavy (non-hydrogen) atoms. The van der Waals surface area contributed by atoms with E-state index in [1.807, 2.05) is 48.5 Å². The lowest BCUT2D eigenvalue weighted by molar-refractivity contribution is -0.00000543. The van der Waals surface area contributed by atoms with Crippen LogP contribution in [0, 0.1) is 0 Å². The summed E-state index contributed by atoms with van der Waals surface area (Å²) in [7, 11) is 0. The zero-order chi connectivity index (χ0) is 15.4. The third kappa shape index (κ3) is 4.31. The van der Waals surface area contributed by atoms with E-state index in [0.29, 0.717) is 18.3 Å². The molecular weight excluding hydrogens is 380 g/mol. The van der Waals surface area contributed by atoms with E-state index in [-0.39, 0.29) is 19.0 Å². The number of para-hydroxylation sites is 1. The molecule has 3 rings (SSSR count). The van der Waals surface area contributed by atoms with Crippen molar-refractivity contribution in [1.29, 1.82) is 0 Å². The van der Waals surface area contributed by atoms with Gasteiger partial charge < -0.3 is 28.1 Å². The van der Waals surface area contributed by atoms with Gasteiger partial charge >= 0.3 is 0 Å². The van der Waals surface area contributed by atoms with Gasteiger partial charge in [0.1, 0.15) is 5.82 Å². The van der Waals surface area contributed by atoms with E-state index in [9.17, 15) is 0 Å². The van der Waals surface area contributed by atoms with Gasteiger partial charge in [-0.1, -0.05) is 28.1 Å². The number of fused-ring (bicyclic) bond motifs is 1. The first kappa shape index (κ1) is 17.5. The first-order chi connectivity index (χ1) is 10.8. The van der Waals surface area contributed by atoms with Crippen LogP contribution in [0.25, 0.3) is 10.9 Å². The molecule has 5 nitrogen and oxygen atoms in total. The monoisotopic (exact) mass is 393 g/mol. The molecule has 0 fully saturated rings. The highest BCUT2D eigenvalue weighted by Crippen LogP contribution is 2.24. The molecule has 0 atom stereocenters. The predicted molar refractivity (Wildman–Crippen MR) is 92.5 cm³/mol. The number of hydrogen-bond acceptors (Lipinski definition) is 5. The number of aliphatic hydroxyl groups excluding tert-OH is 1. The molecule has 0 unspecified atom stereocenters. The van der Waals surface area contributed by atoms with Crippen LogP contribution in [0.15, 0.2) is 53.0 Å². The number of anilines is 3. The summed E-state index contributed by atoms with van der Waals surface area (Å²) in [5.74, 6) is 1.22. The smallest absolute Gasteiger partial charge is 0.229 e. The fourth-order valence-electron chi connectivity index (χ4n) is 2.10. The van der Waals surface area contributed by atoms with Gasteiger partial charge in [0.2, 0.25) is 5.95 Å². The highest BCUT2D eigenvalue weighted by Gasteiger charge is 2.07. The van der Waals surface area contributed by atoms with E-state index >= 15 is 0 Å². The molecule has 2 aromatic carbocycles. The summed E-state index contributed by atoms with van der Waals surface area (Å²) >= 11 is 3.41. The molecule has 1 heterocycles. The molecule has 120 valence electrons. The minimum Gasteiger partial charge on any atom is -1.00 e. The van der Waals surface area contributed by atoms with Gasteiger partial charge in [-0.3, -0.25) is 0 Å². The molecule has 1 aromatic heterocycles. The molecule has 0 bridgehead atoms. The average Bonchev–Trinajstić information content (AvgIpc) is 2.55. The lowest BCUT2D eigenvalue weighted by Gasteiger charge is -2.11. The molecule has 0 aliphatic carbocycles. The van der Waals surface area contributed by atoms with Crippen LogP contribution in [0.5, 0.6) is 0 Å². The maximum absolute atomic E-state index is 9.00. The third-order valence-electron chi connectivity index (χ3n) is 3.11. The topological polar surface area (TPSA) is 70.1 Å². The summed E-state index contributed by atoms with van der Waals surface area (Å²) in [6, 6.07) is 15.6. The number of halogens is 2. The van der Waals surface area contributed by atoms with Gasteiger partial charge in [0, 0.05) is 22.1 Å². The van der Waals surface area contributed by atoms with Crippen LogP contribution in [0.1, 0.15) is 0 Å². The van der Waals surface area contributed by atoms with Crippen LogP contribution in [-0.4, -0.2) is 28.2 Å². The Kier molecular flexibility index (Phi) is 6.15. The van der Waals surface area contributed by atoms with Crippen LogP contribution < -0.4 is 23.0 Å². The second-order valence-corrected chi connectivity index (χ2v) is 5.61. The second kappa shape index (κ2) is 8.10. The summed E-state index contributed by atoms with van der Waals surface area (Å²) in [4.78, 5) is 9.03. The van der Waals surface area contributed by atoms with Crippen LogP contribution in [0.2, 0.25) is 0 Å². The maximum atomic E-state index is 9.00. The molecule has 7 heteroatoms. The van der Waals surface area contributed by atoms with E-state index in [4.69, 9.17) is 5.11 Å². The van der Waals surface area contributed by atoms with Crippen molar-refractivity contribution in [2.45, 2.75) is 0 Å². The molecule has 0 radical (unpaired) electrons. The predicted octanol–water partition coefficient (Wildman–Crippen LogP) is 0.544. The minimum absolute atomic E-state index is 0. The Labute approximate surface area is 148 Å². The van der Waals surface area contributed by atoms with Crippen molar-refractivity contribution < 1.29 is 17.5 Å². The van der Waals surface area contributed by atoms with Crippen molar-refractivity contribution in [1.82, 2.24) is 9.97 Å².